The average molecular weight is 575 g/mol. The maximum absolute atomic E-state index is 13.8. The van der Waals surface area contributed by atoms with Crippen molar-refractivity contribution >= 4 is 23.5 Å². The zero-order chi connectivity index (χ0) is 30.3. The molecular formula is C32H42N6O4. The summed E-state index contributed by atoms with van der Waals surface area (Å²) < 4.78 is 7.50. The molecule has 10 heteroatoms. The van der Waals surface area contributed by atoms with Gasteiger partial charge >= 0.3 is 0 Å². The second-order valence-corrected chi connectivity index (χ2v) is 11.8. The summed E-state index contributed by atoms with van der Waals surface area (Å²) in [6, 6.07) is 15.8. The highest BCUT2D eigenvalue weighted by Crippen LogP contribution is 2.26. The van der Waals surface area contributed by atoms with E-state index in [1.165, 1.54) is 0 Å². The van der Waals surface area contributed by atoms with Crippen molar-refractivity contribution in [3.05, 3.63) is 83.8 Å². The van der Waals surface area contributed by atoms with Crippen LogP contribution >= 0.6 is 0 Å². The number of benzene rings is 2. The van der Waals surface area contributed by atoms with Gasteiger partial charge in [0.1, 0.15) is 12.1 Å². The molecule has 0 saturated carbocycles. The number of hydrogen-bond acceptors (Lipinski definition) is 6. The van der Waals surface area contributed by atoms with E-state index in [0.717, 1.165) is 29.5 Å². The number of nitrogens with two attached hydrogens (primary N) is 1. The molecule has 1 aromatic heterocycles. The number of carbonyl (C=O) groups excluding carboxylic acids is 3. The summed E-state index contributed by atoms with van der Waals surface area (Å²) in [5, 5.41) is 5.47. The van der Waals surface area contributed by atoms with Crippen LogP contribution in [-0.2, 0) is 25.7 Å². The van der Waals surface area contributed by atoms with Crippen LogP contribution in [0.15, 0.2) is 67.1 Å². The molecule has 2 heterocycles. The maximum atomic E-state index is 13.8. The highest BCUT2D eigenvalue weighted by molar-refractivity contribution is 5.98. The van der Waals surface area contributed by atoms with E-state index < -0.39 is 29.4 Å². The first-order chi connectivity index (χ1) is 20.0. The smallest absolute Gasteiger partial charge is 0.250 e. The summed E-state index contributed by atoms with van der Waals surface area (Å²) >= 11 is 0. The Labute approximate surface area is 247 Å². The zero-order valence-corrected chi connectivity index (χ0v) is 24.9. The molecule has 4 N–H and O–H groups in total. The Morgan fingerprint density at radius 2 is 1.74 bits per heavy atom. The number of amides is 3. The third kappa shape index (κ3) is 8.27. The minimum absolute atomic E-state index is 0.00865. The summed E-state index contributed by atoms with van der Waals surface area (Å²) in [6.07, 6.45) is 5.13. The maximum Gasteiger partial charge on any atom is 0.250 e. The predicted octanol–water partition coefficient (Wildman–Crippen LogP) is 3.42. The summed E-state index contributed by atoms with van der Waals surface area (Å²) in [5.74, 6) is -0.152. The Balaban J connectivity index is 1.51. The van der Waals surface area contributed by atoms with Gasteiger partial charge in [-0.1, -0.05) is 67.1 Å². The summed E-state index contributed by atoms with van der Waals surface area (Å²) in [4.78, 5) is 46.1. The lowest BCUT2D eigenvalue weighted by atomic mass is 9.97. The second-order valence-electron chi connectivity index (χ2n) is 11.8. The number of aryl methyl sites for hydroxylation is 1. The molecule has 42 heavy (non-hydrogen) atoms. The lowest BCUT2D eigenvalue weighted by Crippen LogP contribution is -2.56. The summed E-state index contributed by atoms with van der Waals surface area (Å²) in [6.45, 7) is 8.97. The van der Waals surface area contributed by atoms with Gasteiger partial charge in [-0.05, 0) is 50.7 Å². The van der Waals surface area contributed by atoms with Crippen molar-refractivity contribution in [2.75, 3.05) is 25.0 Å². The van der Waals surface area contributed by atoms with Gasteiger partial charge in [-0.15, -0.1) is 0 Å². The van der Waals surface area contributed by atoms with Gasteiger partial charge in [0.15, 0.2) is 5.82 Å². The number of anilines is 1. The molecule has 1 aliphatic heterocycles. The number of piperidine rings is 1. The van der Waals surface area contributed by atoms with Gasteiger partial charge < -0.3 is 30.6 Å². The number of hydrogen-bond donors (Lipinski definition) is 3. The minimum atomic E-state index is -1.19. The van der Waals surface area contributed by atoms with Crippen LogP contribution in [0, 0.1) is 12.8 Å². The number of rotatable bonds is 11. The van der Waals surface area contributed by atoms with E-state index in [1.807, 2.05) is 66.4 Å². The molecule has 1 aliphatic rings. The lowest BCUT2D eigenvalue weighted by molar-refractivity contribution is -0.135. The van der Waals surface area contributed by atoms with Crippen molar-refractivity contribution in [2.45, 2.75) is 64.8 Å². The molecule has 224 valence electrons. The van der Waals surface area contributed by atoms with Gasteiger partial charge in [-0.2, -0.15) is 0 Å². The number of nitrogens with zero attached hydrogens (tertiary/aromatic N) is 3. The number of ether oxygens (including phenoxy) is 1. The van der Waals surface area contributed by atoms with Crippen LogP contribution in [0.4, 0.5) is 5.82 Å². The highest BCUT2D eigenvalue weighted by atomic mass is 16.5. The lowest BCUT2D eigenvalue weighted by Gasteiger charge is -2.33. The molecule has 1 saturated heterocycles. The third-order valence-electron chi connectivity index (χ3n) is 7.48. The monoisotopic (exact) mass is 574 g/mol. The van der Waals surface area contributed by atoms with Crippen molar-refractivity contribution in [3.63, 3.8) is 0 Å². The van der Waals surface area contributed by atoms with Crippen molar-refractivity contribution < 1.29 is 19.1 Å². The molecule has 0 spiro atoms. The third-order valence-corrected chi connectivity index (χ3v) is 7.48. The van der Waals surface area contributed by atoms with Crippen LogP contribution in [0.25, 0.3) is 0 Å². The molecular weight excluding hydrogens is 532 g/mol. The van der Waals surface area contributed by atoms with E-state index in [4.69, 9.17) is 10.5 Å². The fraction of sp³-hybridized carbons (Fsp3) is 0.438. The Morgan fingerprint density at radius 3 is 2.38 bits per heavy atom. The number of carbonyl (C=O) groups is 3. The largest absolute Gasteiger partial charge is 0.374 e. The Bertz CT molecular complexity index is 1340. The number of imidazole rings is 1. The number of likely N-dealkylation sites (tertiary alicyclic amines) is 1. The van der Waals surface area contributed by atoms with Crippen molar-refractivity contribution in [3.8, 4) is 0 Å². The molecule has 2 aromatic carbocycles. The quantitative estimate of drug-likeness (QED) is 0.322. The molecule has 4 rings (SSSR count). The van der Waals surface area contributed by atoms with Crippen LogP contribution in [0.1, 0.15) is 56.3 Å². The van der Waals surface area contributed by atoms with E-state index in [0.29, 0.717) is 19.0 Å². The standard InChI is InChI=1S/C32H42N6O4/c1-22-10-12-25(13-11-22)28(30(40)37-16-14-23(2)15-17-37)38-18-27(34-21-38)36-29(39)26(35-31(41)32(3,4)33)20-42-19-24-8-6-5-7-9-24/h5-13,18,21,23,26,28H,14-17,19-20,33H2,1-4H3,(H,35,41)(H,36,39)/t26-,28?/m1/s1. The van der Waals surface area contributed by atoms with Crippen LogP contribution in [0.3, 0.4) is 0 Å². The topological polar surface area (TPSA) is 132 Å². The SMILES string of the molecule is Cc1ccc(C(C(=O)N2CCC(C)CC2)n2cnc(NC(=O)[C@@H](COCc3ccccc3)NC(=O)C(C)(C)N)c2)cc1. The van der Waals surface area contributed by atoms with Gasteiger partial charge in [-0.3, -0.25) is 14.4 Å². The molecule has 3 aromatic rings. The van der Waals surface area contributed by atoms with Crippen LogP contribution < -0.4 is 16.4 Å². The first kappa shape index (κ1) is 30.9. The average Bonchev–Trinajstić information content (AvgIpc) is 3.41. The predicted molar refractivity (Wildman–Crippen MR) is 161 cm³/mol. The van der Waals surface area contributed by atoms with Crippen LogP contribution in [0.5, 0.6) is 0 Å². The van der Waals surface area contributed by atoms with Crippen molar-refractivity contribution in [1.82, 2.24) is 19.8 Å². The van der Waals surface area contributed by atoms with E-state index >= 15 is 0 Å². The van der Waals surface area contributed by atoms with Gasteiger partial charge in [0.05, 0.1) is 25.1 Å². The molecule has 10 nitrogen and oxygen atoms in total. The minimum Gasteiger partial charge on any atom is -0.374 e. The van der Waals surface area contributed by atoms with Crippen molar-refractivity contribution in [2.24, 2.45) is 11.7 Å². The zero-order valence-electron chi connectivity index (χ0n) is 24.9. The van der Waals surface area contributed by atoms with Gasteiger partial charge in [0.25, 0.3) is 5.91 Å². The fourth-order valence-corrected chi connectivity index (χ4v) is 4.74. The second kappa shape index (κ2) is 13.8. The van der Waals surface area contributed by atoms with Gasteiger partial charge in [-0.25, -0.2) is 4.98 Å². The normalized spacial score (nSPS) is 15.6. The Kier molecular flexibility index (Phi) is 10.1. The van der Waals surface area contributed by atoms with E-state index in [2.05, 4.69) is 22.5 Å². The molecule has 1 fully saturated rings. The number of nitrogens with one attached hydrogen (secondary N) is 2. The molecule has 2 atom stereocenters. The van der Waals surface area contributed by atoms with Gasteiger partial charge in [0.2, 0.25) is 11.8 Å². The van der Waals surface area contributed by atoms with Gasteiger partial charge in [0, 0.05) is 19.3 Å². The fourth-order valence-electron chi connectivity index (χ4n) is 4.74. The van der Waals surface area contributed by atoms with Crippen molar-refractivity contribution in [1.29, 1.82) is 0 Å². The highest BCUT2D eigenvalue weighted by Gasteiger charge is 2.31. The molecule has 3 amide bonds. The molecule has 0 radical (unpaired) electrons. The number of aromatic nitrogens is 2. The summed E-state index contributed by atoms with van der Waals surface area (Å²) in [7, 11) is 0. The first-order valence-corrected chi connectivity index (χ1v) is 14.4. The van der Waals surface area contributed by atoms with E-state index in [9.17, 15) is 14.4 Å². The molecule has 0 bridgehead atoms. The Morgan fingerprint density at radius 1 is 1.07 bits per heavy atom. The van der Waals surface area contributed by atoms with Crippen LogP contribution in [-0.4, -0.2) is 63.4 Å². The summed E-state index contributed by atoms with van der Waals surface area (Å²) in [5.41, 5.74) is 7.65. The molecule has 0 aliphatic carbocycles. The van der Waals surface area contributed by atoms with Crippen LogP contribution in [0.2, 0.25) is 0 Å². The molecule has 1 unspecified atom stereocenters. The van der Waals surface area contributed by atoms with E-state index in [1.54, 1.807) is 30.9 Å². The van der Waals surface area contributed by atoms with E-state index in [-0.39, 0.29) is 24.9 Å². The first-order valence-electron chi connectivity index (χ1n) is 14.4. The Hall–Kier alpha value is -4.02.